The molecule has 28 heavy (non-hydrogen) atoms. The van der Waals surface area contributed by atoms with Gasteiger partial charge >= 0.3 is 0 Å². The first-order chi connectivity index (χ1) is 13.6. The van der Waals surface area contributed by atoms with Crippen LogP contribution in [-0.2, 0) is 6.42 Å². The SMILES string of the molecule is COc1ccc2c(c1)[C@@H](Oc1ccc(C#N)cc1Cl)[C@H](N1CCC[C@@H](N)C1)C2. The third kappa shape index (κ3) is 3.68. The van der Waals surface area contributed by atoms with E-state index in [-0.39, 0.29) is 18.2 Å². The highest BCUT2D eigenvalue weighted by atomic mass is 35.5. The van der Waals surface area contributed by atoms with E-state index in [1.165, 1.54) is 5.56 Å². The van der Waals surface area contributed by atoms with E-state index in [0.29, 0.717) is 16.3 Å². The maximum atomic E-state index is 9.08. The summed E-state index contributed by atoms with van der Waals surface area (Å²) in [7, 11) is 1.67. The zero-order chi connectivity index (χ0) is 19.7. The van der Waals surface area contributed by atoms with Crippen molar-refractivity contribution in [3.8, 4) is 17.6 Å². The summed E-state index contributed by atoms with van der Waals surface area (Å²) in [6, 6.07) is 13.8. The summed E-state index contributed by atoms with van der Waals surface area (Å²) in [6.45, 7) is 1.89. The Bertz CT molecular complexity index is 911. The minimum absolute atomic E-state index is 0.166. The number of hydrogen-bond donors (Lipinski definition) is 1. The Hall–Kier alpha value is -2.26. The van der Waals surface area contributed by atoms with Gasteiger partial charge in [-0.25, -0.2) is 0 Å². The molecule has 3 atom stereocenters. The lowest BCUT2D eigenvalue weighted by molar-refractivity contribution is 0.0593. The van der Waals surface area contributed by atoms with Crippen molar-refractivity contribution in [1.29, 1.82) is 5.26 Å². The average Bonchev–Trinajstić information content (AvgIpc) is 3.07. The molecule has 0 bridgehead atoms. The van der Waals surface area contributed by atoms with Crippen LogP contribution in [0.3, 0.4) is 0 Å². The first-order valence-electron chi connectivity index (χ1n) is 9.62. The molecular formula is C22H24ClN3O2. The number of rotatable bonds is 4. The predicted octanol–water partition coefficient (Wildman–Crippen LogP) is 3.69. The molecule has 0 saturated carbocycles. The molecule has 1 heterocycles. The van der Waals surface area contributed by atoms with Gasteiger partial charge in [0.05, 0.1) is 29.8 Å². The van der Waals surface area contributed by atoms with Crippen LogP contribution in [0.2, 0.25) is 5.02 Å². The molecule has 0 spiro atoms. The van der Waals surface area contributed by atoms with Crippen molar-refractivity contribution in [1.82, 2.24) is 4.90 Å². The van der Waals surface area contributed by atoms with Gasteiger partial charge in [-0.3, -0.25) is 4.90 Å². The smallest absolute Gasteiger partial charge is 0.140 e. The van der Waals surface area contributed by atoms with Crippen LogP contribution in [0, 0.1) is 11.3 Å². The number of piperidine rings is 1. The Morgan fingerprint density at radius 2 is 2.11 bits per heavy atom. The minimum Gasteiger partial charge on any atom is -0.497 e. The number of hydrogen-bond acceptors (Lipinski definition) is 5. The fourth-order valence-electron chi connectivity index (χ4n) is 4.30. The summed E-state index contributed by atoms with van der Waals surface area (Å²) in [5, 5.41) is 9.53. The third-order valence-corrected chi connectivity index (χ3v) is 6.01. The van der Waals surface area contributed by atoms with Crippen molar-refractivity contribution in [3.63, 3.8) is 0 Å². The summed E-state index contributed by atoms with van der Waals surface area (Å²) in [6.07, 6.45) is 2.91. The van der Waals surface area contributed by atoms with Gasteiger partial charge in [-0.2, -0.15) is 5.26 Å². The molecule has 0 amide bonds. The molecule has 0 aromatic heterocycles. The highest BCUT2D eigenvalue weighted by Gasteiger charge is 2.39. The molecule has 2 aliphatic rings. The highest BCUT2D eigenvalue weighted by molar-refractivity contribution is 6.32. The van der Waals surface area contributed by atoms with Crippen molar-refractivity contribution in [2.24, 2.45) is 5.73 Å². The third-order valence-electron chi connectivity index (χ3n) is 5.71. The maximum absolute atomic E-state index is 9.08. The zero-order valence-electron chi connectivity index (χ0n) is 15.9. The molecule has 2 aromatic rings. The Morgan fingerprint density at radius 3 is 2.82 bits per heavy atom. The van der Waals surface area contributed by atoms with Crippen LogP contribution in [0.25, 0.3) is 0 Å². The number of nitriles is 1. The molecule has 2 N–H and O–H groups in total. The molecule has 5 nitrogen and oxygen atoms in total. The Balaban J connectivity index is 1.68. The fraction of sp³-hybridized carbons (Fsp3) is 0.409. The molecule has 1 aliphatic heterocycles. The first-order valence-corrected chi connectivity index (χ1v) is 9.99. The van der Waals surface area contributed by atoms with E-state index in [9.17, 15) is 0 Å². The number of ether oxygens (including phenoxy) is 2. The van der Waals surface area contributed by atoms with Crippen LogP contribution >= 0.6 is 11.6 Å². The largest absolute Gasteiger partial charge is 0.497 e. The molecule has 1 saturated heterocycles. The quantitative estimate of drug-likeness (QED) is 0.851. The van der Waals surface area contributed by atoms with Crippen LogP contribution in [0.1, 0.15) is 35.6 Å². The van der Waals surface area contributed by atoms with E-state index in [2.05, 4.69) is 23.1 Å². The summed E-state index contributed by atoms with van der Waals surface area (Å²) in [5.74, 6) is 1.40. The van der Waals surface area contributed by atoms with Crippen molar-refractivity contribution in [3.05, 3.63) is 58.1 Å². The van der Waals surface area contributed by atoms with Crippen molar-refractivity contribution < 1.29 is 9.47 Å². The van der Waals surface area contributed by atoms with Crippen molar-refractivity contribution in [2.45, 2.75) is 37.5 Å². The van der Waals surface area contributed by atoms with Gasteiger partial charge in [0.25, 0.3) is 0 Å². The summed E-state index contributed by atoms with van der Waals surface area (Å²) >= 11 is 6.39. The van der Waals surface area contributed by atoms with E-state index >= 15 is 0 Å². The summed E-state index contributed by atoms with van der Waals surface area (Å²) < 4.78 is 11.9. The number of fused-ring (bicyclic) bond motifs is 1. The van der Waals surface area contributed by atoms with Crippen LogP contribution in [0.15, 0.2) is 36.4 Å². The Morgan fingerprint density at radius 1 is 1.25 bits per heavy atom. The van der Waals surface area contributed by atoms with E-state index in [1.807, 2.05) is 6.07 Å². The van der Waals surface area contributed by atoms with Gasteiger partial charge in [0.1, 0.15) is 17.6 Å². The molecule has 0 radical (unpaired) electrons. The van der Waals surface area contributed by atoms with E-state index in [1.54, 1.807) is 25.3 Å². The molecule has 2 aromatic carbocycles. The van der Waals surface area contributed by atoms with E-state index in [4.69, 9.17) is 32.1 Å². The van der Waals surface area contributed by atoms with Gasteiger partial charge in [-0.1, -0.05) is 17.7 Å². The molecule has 1 aliphatic carbocycles. The zero-order valence-corrected chi connectivity index (χ0v) is 16.7. The van der Waals surface area contributed by atoms with Gasteiger partial charge in [-0.15, -0.1) is 0 Å². The van der Waals surface area contributed by atoms with E-state index in [0.717, 1.165) is 43.7 Å². The second kappa shape index (κ2) is 8.00. The maximum Gasteiger partial charge on any atom is 0.140 e. The number of benzene rings is 2. The first kappa shape index (κ1) is 19.1. The lowest BCUT2D eigenvalue weighted by Crippen LogP contribution is -2.49. The minimum atomic E-state index is -0.166. The molecule has 146 valence electrons. The molecule has 0 unspecified atom stereocenters. The normalized spacial score (nSPS) is 24.4. The molecule has 6 heteroatoms. The second-order valence-corrected chi connectivity index (χ2v) is 7.94. The van der Waals surface area contributed by atoms with Gasteiger partial charge in [0.15, 0.2) is 0 Å². The van der Waals surface area contributed by atoms with Crippen molar-refractivity contribution >= 4 is 11.6 Å². The number of halogens is 1. The van der Waals surface area contributed by atoms with Crippen LogP contribution < -0.4 is 15.2 Å². The van der Waals surface area contributed by atoms with Gasteiger partial charge in [-0.05, 0) is 61.7 Å². The summed E-state index contributed by atoms with van der Waals surface area (Å²) in [4.78, 5) is 2.45. The molecule has 1 fully saturated rings. The monoisotopic (exact) mass is 397 g/mol. The fourth-order valence-corrected chi connectivity index (χ4v) is 4.52. The van der Waals surface area contributed by atoms with Gasteiger partial charge in [0.2, 0.25) is 0 Å². The standard InChI is InChI=1S/C22H24ClN3O2/c1-27-17-6-5-15-10-20(26-8-2-3-16(25)13-26)22(18(15)11-17)28-21-7-4-14(12-24)9-19(21)23/h4-7,9,11,16,20,22H,2-3,8,10,13,25H2,1H3/t16-,20-,22-/m1/s1. The van der Waals surface area contributed by atoms with Crippen LogP contribution in [-0.4, -0.2) is 37.2 Å². The topological polar surface area (TPSA) is 71.5 Å². The predicted molar refractivity (Wildman–Crippen MR) is 109 cm³/mol. The number of likely N-dealkylation sites (tertiary alicyclic amines) is 1. The number of nitrogens with two attached hydrogens (primary N) is 1. The summed E-state index contributed by atoms with van der Waals surface area (Å²) in [5.41, 5.74) is 9.15. The van der Waals surface area contributed by atoms with E-state index < -0.39 is 0 Å². The van der Waals surface area contributed by atoms with Crippen LogP contribution in [0.5, 0.6) is 11.5 Å². The van der Waals surface area contributed by atoms with Gasteiger partial charge < -0.3 is 15.2 Å². The Kier molecular flexibility index (Phi) is 5.45. The number of methoxy groups -OCH3 is 1. The van der Waals surface area contributed by atoms with Crippen molar-refractivity contribution in [2.75, 3.05) is 20.2 Å². The van der Waals surface area contributed by atoms with Crippen LogP contribution in [0.4, 0.5) is 0 Å². The molecule has 4 rings (SSSR count). The lowest BCUT2D eigenvalue weighted by atomic mass is 10.0. The Labute approximate surface area is 170 Å². The van der Waals surface area contributed by atoms with Gasteiger partial charge in [0, 0.05) is 18.2 Å². The number of nitrogens with zero attached hydrogens (tertiary/aromatic N) is 2. The highest BCUT2D eigenvalue weighted by Crippen LogP contribution is 2.41. The second-order valence-electron chi connectivity index (χ2n) is 7.53. The molecular weight excluding hydrogens is 374 g/mol. The lowest BCUT2D eigenvalue weighted by Gasteiger charge is -2.38. The average molecular weight is 398 g/mol.